The monoisotopic (exact) mass is 446 g/mol. The molecule has 106 valence electrons. The van der Waals surface area contributed by atoms with E-state index in [0.29, 0.717) is 8.81 Å². The van der Waals surface area contributed by atoms with Gasteiger partial charge in [-0.15, -0.1) is 11.3 Å². The second-order valence-electron chi connectivity index (χ2n) is 3.75. The minimum atomic E-state index is -4.60. The Balaban J connectivity index is 2.55. The Morgan fingerprint density at radius 3 is 2.35 bits per heavy atom. The Kier molecular flexibility index (Phi) is 4.63. The van der Waals surface area contributed by atoms with Gasteiger partial charge in [-0.1, -0.05) is 27.5 Å². The van der Waals surface area contributed by atoms with Crippen LogP contribution in [0.3, 0.4) is 0 Å². The summed E-state index contributed by atoms with van der Waals surface area (Å²) in [5.74, 6) is -0.706. The molecule has 0 atom stereocenters. The molecule has 1 heterocycles. The number of rotatable bonds is 2. The van der Waals surface area contributed by atoms with Gasteiger partial charge in [-0.05, 0) is 40.2 Å². The maximum Gasteiger partial charge on any atom is 0.417 e. The summed E-state index contributed by atoms with van der Waals surface area (Å²) < 4.78 is 39.7. The summed E-state index contributed by atoms with van der Waals surface area (Å²) in [6.45, 7) is 0. The van der Waals surface area contributed by atoms with E-state index in [2.05, 4.69) is 31.9 Å². The van der Waals surface area contributed by atoms with Crippen LogP contribution in [0, 0.1) is 0 Å². The number of hydrogen-bond acceptors (Lipinski definition) is 2. The van der Waals surface area contributed by atoms with Crippen LogP contribution < -0.4 is 0 Å². The molecule has 0 spiro atoms. The smallest absolute Gasteiger partial charge is 0.288 e. The van der Waals surface area contributed by atoms with E-state index in [1.807, 2.05) is 0 Å². The summed E-state index contributed by atoms with van der Waals surface area (Å²) in [4.78, 5) is 12.4. The Hall–Kier alpha value is -0.370. The lowest BCUT2D eigenvalue weighted by Gasteiger charge is -2.11. The molecule has 0 aliphatic carbocycles. The lowest BCUT2D eigenvalue weighted by Crippen LogP contribution is -2.13. The molecule has 0 radical (unpaired) electrons. The highest BCUT2D eigenvalue weighted by molar-refractivity contribution is 9.11. The molecule has 8 heteroatoms. The Labute approximate surface area is 138 Å². The van der Waals surface area contributed by atoms with Crippen molar-refractivity contribution in [3.05, 3.63) is 53.6 Å². The Bertz CT molecular complexity index is 662. The molecule has 0 amide bonds. The second kappa shape index (κ2) is 5.79. The van der Waals surface area contributed by atoms with E-state index >= 15 is 0 Å². The molecule has 0 aliphatic rings. The van der Waals surface area contributed by atoms with Gasteiger partial charge < -0.3 is 0 Å². The van der Waals surface area contributed by atoms with E-state index in [1.165, 1.54) is 12.1 Å². The third-order valence-corrected chi connectivity index (χ3v) is 5.37. The zero-order chi connectivity index (χ0) is 15.1. The second-order valence-corrected chi connectivity index (χ2v) is 7.44. The standard InChI is InChI=1S/C12H4Br2ClF3OS/c13-5-1-2-6(7(3-5)12(16,17)18)10(19)9-4-8(15)11(14)20-9/h1-4H. The first-order chi connectivity index (χ1) is 9.20. The fraction of sp³-hybridized carbons (Fsp3) is 0.0833. The van der Waals surface area contributed by atoms with Gasteiger partial charge in [0.05, 0.1) is 19.2 Å². The maximum atomic E-state index is 13.0. The van der Waals surface area contributed by atoms with Crippen LogP contribution in [0.25, 0.3) is 0 Å². The van der Waals surface area contributed by atoms with E-state index in [0.717, 1.165) is 23.5 Å². The van der Waals surface area contributed by atoms with Crippen LogP contribution in [0.1, 0.15) is 20.8 Å². The number of benzene rings is 1. The summed E-state index contributed by atoms with van der Waals surface area (Å²) in [5.41, 5.74) is -1.37. The third-order valence-electron chi connectivity index (χ3n) is 2.40. The lowest BCUT2D eigenvalue weighted by atomic mass is 10.0. The molecule has 0 unspecified atom stereocenters. The minimum Gasteiger partial charge on any atom is -0.288 e. The highest BCUT2D eigenvalue weighted by atomic mass is 79.9. The van der Waals surface area contributed by atoms with Crippen LogP contribution in [0.5, 0.6) is 0 Å². The molecule has 0 fully saturated rings. The lowest BCUT2D eigenvalue weighted by molar-refractivity contribution is -0.137. The molecular formula is C12H4Br2ClF3OS. The van der Waals surface area contributed by atoms with Crippen LogP contribution in [0.15, 0.2) is 32.5 Å². The number of hydrogen-bond donors (Lipinski definition) is 0. The first-order valence-corrected chi connectivity index (χ1v) is 7.84. The van der Waals surface area contributed by atoms with Crippen LogP contribution in [0.4, 0.5) is 13.2 Å². The van der Waals surface area contributed by atoms with Crippen molar-refractivity contribution in [2.45, 2.75) is 6.18 Å². The van der Waals surface area contributed by atoms with Gasteiger partial charge in [-0.25, -0.2) is 0 Å². The van der Waals surface area contributed by atoms with E-state index in [4.69, 9.17) is 11.6 Å². The van der Waals surface area contributed by atoms with Gasteiger partial charge in [0.2, 0.25) is 5.78 Å². The van der Waals surface area contributed by atoms with Crippen LogP contribution in [-0.4, -0.2) is 5.78 Å². The third kappa shape index (κ3) is 3.27. The summed E-state index contributed by atoms with van der Waals surface area (Å²) in [7, 11) is 0. The largest absolute Gasteiger partial charge is 0.417 e. The Morgan fingerprint density at radius 1 is 1.20 bits per heavy atom. The molecule has 2 aromatic rings. The number of ketones is 1. The SMILES string of the molecule is O=C(c1cc(Cl)c(Br)s1)c1ccc(Br)cc1C(F)(F)F. The first-order valence-electron chi connectivity index (χ1n) is 5.06. The molecule has 1 aromatic heterocycles. The van der Waals surface area contributed by atoms with Gasteiger partial charge in [0.25, 0.3) is 0 Å². The van der Waals surface area contributed by atoms with Crippen molar-refractivity contribution in [2.24, 2.45) is 0 Å². The maximum absolute atomic E-state index is 13.0. The van der Waals surface area contributed by atoms with E-state index in [9.17, 15) is 18.0 Å². The van der Waals surface area contributed by atoms with Crippen LogP contribution in [0.2, 0.25) is 5.02 Å². The topological polar surface area (TPSA) is 17.1 Å². The molecular weight excluding hydrogens is 444 g/mol. The van der Waals surface area contributed by atoms with E-state index in [-0.39, 0.29) is 9.35 Å². The zero-order valence-electron chi connectivity index (χ0n) is 9.39. The number of alkyl halides is 3. The molecule has 2 rings (SSSR count). The van der Waals surface area contributed by atoms with Gasteiger partial charge in [-0.2, -0.15) is 13.2 Å². The normalized spacial score (nSPS) is 11.7. The predicted molar refractivity (Wildman–Crippen MR) is 79.6 cm³/mol. The van der Waals surface area contributed by atoms with Crippen LogP contribution >= 0.6 is 54.8 Å². The summed E-state index contributed by atoms with van der Waals surface area (Å²) in [5, 5.41) is 0.295. The number of carbonyl (C=O) groups excluding carboxylic acids is 1. The average molecular weight is 448 g/mol. The summed E-state index contributed by atoms with van der Waals surface area (Å²) >= 11 is 12.9. The quantitative estimate of drug-likeness (QED) is 0.502. The molecule has 0 saturated heterocycles. The summed E-state index contributed by atoms with van der Waals surface area (Å²) in [6.07, 6.45) is -4.60. The summed E-state index contributed by atoms with van der Waals surface area (Å²) in [6, 6.07) is 4.78. The van der Waals surface area contributed by atoms with Gasteiger partial charge in [-0.3, -0.25) is 4.79 Å². The van der Waals surface area contributed by atoms with Gasteiger partial charge >= 0.3 is 6.18 Å². The van der Waals surface area contributed by atoms with Crippen molar-refractivity contribution in [3.63, 3.8) is 0 Å². The fourth-order valence-electron chi connectivity index (χ4n) is 1.54. The molecule has 0 saturated carbocycles. The van der Waals surface area contributed by atoms with Crippen molar-refractivity contribution >= 4 is 60.6 Å². The van der Waals surface area contributed by atoms with Crippen molar-refractivity contribution in [2.75, 3.05) is 0 Å². The predicted octanol–water partition coefficient (Wildman–Crippen LogP) is 6.18. The fourth-order valence-corrected chi connectivity index (χ4v) is 3.56. The van der Waals surface area contributed by atoms with Crippen molar-refractivity contribution < 1.29 is 18.0 Å². The van der Waals surface area contributed by atoms with E-state index in [1.54, 1.807) is 0 Å². The number of halogens is 6. The van der Waals surface area contributed by atoms with Gasteiger partial charge in [0.15, 0.2) is 0 Å². The molecule has 0 aliphatic heterocycles. The van der Waals surface area contributed by atoms with Crippen molar-refractivity contribution in [1.82, 2.24) is 0 Å². The molecule has 0 N–H and O–H groups in total. The highest BCUT2D eigenvalue weighted by Crippen LogP contribution is 2.37. The van der Waals surface area contributed by atoms with Gasteiger partial charge in [0.1, 0.15) is 0 Å². The minimum absolute atomic E-state index is 0.148. The van der Waals surface area contributed by atoms with E-state index < -0.39 is 23.1 Å². The van der Waals surface area contributed by atoms with Crippen LogP contribution in [-0.2, 0) is 6.18 Å². The van der Waals surface area contributed by atoms with Gasteiger partial charge in [0, 0.05) is 10.0 Å². The average Bonchev–Trinajstić information content (AvgIpc) is 2.67. The molecule has 1 aromatic carbocycles. The first kappa shape index (κ1) is 16.0. The molecule has 20 heavy (non-hydrogen) atoms. The van der Waals surface area contributed by atoms with Crippen molar-refractivity contribution in [3.8, 4) is 0 Å². The Morgan fingerprint density at radius 2 is 1.85 bits per heavy atom. The zero-order valence-corrected chi connectivity index (χ0v) is 14.1. The number of thiophene rings is 1. The highest BCUT2D eigenvalue weighted by Gasteiger charge is 2.35. The molecule has 1 nitrogen and oxygen atoms in total. The van der Waals surface area contributed by atoms with Crippen molar-refractivity contribution in [1.29, 1.82) is 0 Å². The molecule has 0 bridgehead atoms. The number of carbonyl (C=O) groups is 1.